The highest BCUT2D eigenvalue weighted by molar-refractivity contribution is 5.95. The minimum atomic E-state index is -1.07. The van der Waals surface area contributed by atoms with Gasteiger partial charge in [-0.05, 0) is 43.7 Å². The Balaban J connectivity index is 1.76. The van der Waals surface area contributed by atoms with Crippen molar-refractivity contribution in [3.05, 3.63) is 57.8 Å². The zero-order valence-corrected chi connectivity index (χ0v) is 15.3. The average Bonchev–Trinajstić information content (AvgIpc) is 3.23. The number of nitrogens with zero attached hydrogens (tertiary/aromatic N) is 3. The summed E-state index contributed by atoms with van der Waals surface area (Å²) < 4.78 is 15.4. The molecule has 1 saturated carbocycles. The number of benzene rings is 1. The lowest BCUT2D eigenvalue weighted by atomic mass is 9.94. The Labute approximate surface area is 160 Å². The van der Waals surface area contributed by atoms with Gasteiger partial charge in [-0.3, -0.25) is 9.59 Å². The zero-order chi connectivity index (χ0) is 20.0. The summed E-state index contributed by atoms with van der Waals surface area (Å²) in [7, 11) is 0. The van der Waals surface area contributed by atoms with Crippen LogP contribution in [0, 0.1) is 24.6 Å². The Hall–Kier alpha value is -3.03. The van der Waals surface area contributed by atoms with Crippen molar-refractivity contribution in [2.45, 2.75) is 32.2 Å². The maximum Gasteiger partial charge on any atom is 0.326 e. The van der Waals surface area contributed by atoms with Crippen molar-refractivity contribution in [2.24, 2.45) is 11.8 Å². The van der Waals surface area contributed by atoms with E-state index in [-0.39, 0.29) is 23.2 Å². The molecule has 3 unspecified atom stereocenters. The summed E-state index contributed by atoms with van der Waals surface area (Å²) in [5.74, 6) is -2.29. The van der Waals surface area contributed by atoms with E-state index in [0.29, 0.717) is 12.2 Å². The predicted molar refractivity (Wildman–Crippen MR) is 97.8 cm³/mol. The number of amides is 1. The molecule has 1 aliphatic carbocycles. The highest BCUT2D eigenvalue weighted by Crippen LogP contribution is 2.42. The number of hydrogen-bond donors (Lipinski definition) is 1. The third-order valence-corrected chi connectivity index (χ3v) is 5.79. The molecule has 0 spiro atoms. The second kappa shape index (κ2) is 6.85. The van der Waals surface area contributed by atoms with Gasteiger partial charge < -0.3 is 10.0 Å². The number of aromatic nitrogens is 2. The predicted octanol–water partition coefficient (Wildman–Crippen LogP) is 2.01. The van der Waals surface area contributed by atoms with Gasteiger partial charge >= 0.3 is 5.97 Å². The average molecular weight is 385 g/mol. The van der Waals surface area contributed by atoms with Gasteiger partial charge in [0.05, 0.1) is 0 Å². The lowest BCUT2D eigenvalue weighted by molar-refractivity contribution is -0.142. The number of aryl methyl sites for hydroxylation is 1. The summed E-state index contributed by atoms with van der Waals surface area (Å²) in [4.78, 5) is 38.6. The first-order chi connectivity index (χ1) is 13.4. The number of carbonyl (C=O) groups is 2. The van der Waals surface area contributed by atoms with E-state index in [1.165, 1.54) is 33.8 Å². The number of carboxylic acids is 1. The number of para-hydroxylation sites is 1. The fourth-order valence-corrected chi connectivity index (χ4v) is 4.53. The van der Waals surface area contributed by atoms with E-state index in [9.17, 15) is 23.9 Å². The number of carboxylic acid groups (broad SMARTS) is 1. The summed E-state index contributed by atoms with van der Waals surface area (Å²) in [5.41, 5.74) is -0.502. The summed E-state index contributed by atoms with van der Waals surface area (Å²) in [6.45, 7) is 1.89. The van der Waals surface area contributed by atoms with Gasteiger partial charge in [-0.2, -0.15) is 5.10 Å². The van der Waals surface area contributed by atoms with Crippen molar-refractivity contribution in [1.82, 2.24) is 14.7 Å². The highest BCUT2D eigenvalue weighted by Gasteiger charge is 2.50. The number of halogens is 1. The molecule has 8 heteroatoms. The summed E-state index contributed by atoms with van der Waals surface area (Å²) >= 11 is 0. The molecular weight excluding hydrogens is 365 g/mol. The number of likely N-dealkylation sites (tertiary alicyclic amines) is 1. The van der Waals surface area contributed by atoms with E-state index in [2.05, 4.69) is 5.10 Å². The topological polar surface area (TPSA) is 92.5 Å². The van der Waals surface area contributed by atoms with Gasteiger partial charge in [0, 0.05) is 18.3 Å². The van der Waals surface area contributed by atoms with E-state index in [0.717, 1.165) is 19.3 Å². The van der Waals surface area contributed by atoms with Crippen LogP contribution in [0.5, 0.6) is 0 Å². The standard InChI is InChI=1S/C20H20FN3O4/c1-11-9-16(25)17(22-24(11)15-8-3-2-7-14(15)21)19(26)23-10-12-5-4-6-13(12)18(23)20(27)28/h2-3,7-9,12-13,18H,4-6,10H2,1H3,(H,27,28). The molecule has 0 radical (unpaired) electrons. The Morgan fingerprint density at radius 2 is 2.00 bits per heavy atom. The minimum Gasteiger partial charge on any atom is -0.480 e. The van der Waals surface area contributed by atoms with E-state index in [1.807, 2.05) is 0 Å². The molecule has 4 rings (SSSR count). The number of rotatable bonds is 3. The van der Waals surface area contributed by atoms with Crippen LogP contribution in [0.25, 0.3) is 5.69 Å². The fraction of sp³-hybridized carbons (Fsp3) is 0.400. The van der Waals surface area contributed by atoms with Gasteiger partial charge in [0.25, 0.3) is 5.91 Å². The second-order valence-corrected chi connectivity index (χ2v) is 7.46. The zero-order valence-electron chi connectivity index (χ0n) is 15.3. The maximum absolute atomic E-state index is 14.2. The molecule has 1 aromatic heterocycles. The third kappa shape index (κ3) is 2.89. The van der Waals surface area contributed by atoms with Crippen molar-refractivity contribution in [3.63, 3.8) is 0 Å². The first-order valence-electron chi connectivity index (χ1n) is 9.28. The van der Waals surface area contributed by atoms with Gasteiger partial charge in [-0.15, -0.1) is 0 Å². The smallest absolute Gasteiger partial charge is 0.326 e. The summed E-state index contributed by atoms with van der Waals surface area (Å²) in [5, 5.41) is 13.8. The molecule has 2 fully saturated rings. The Bertz CT molecular complexity index is 1020. The van der Waals surface area contributed by atoms with E-state index in [4.69, 9.17) is 0 Å². The van der Waals surface area contributed by atoms with Gasteiger partial charge in [-0.25, -0.2) is 13.9 Å². The van der Waals surface area contributed by atoms with E-state index in [1.54, 1.807) is 13.0 Å². The van der Waals surface area contributed by atoms with Crippen molar-refractivity contribution < 1.29 is 19.1 Å². The van der Waals surface area contributed by atoms with Crippen LogP contribution in [0.4, 0.5) is 4.39 Å². The van der Waals surface area contributed by atoms with E-state index >= 15 is 0 Å². The molecule has 7 nitrogen and oxygen atoms in total. The molecule has 1 N–H and O–H groups in total. The Morgan fingerprint density at radius 1 is 1.25 bits per heavy atom. The molecule has 3 atom stereocenters. The minimum absolute atomic E-state index is 0.0966. The molecular formula is C20H20FN3O4. The quantitative estimate of drug-likeness (QED) is 0.873. The number of fused-ring (bicyclic) bond motifs is 1. The molecule has 2 heterocycles. The summed E-state index contributed by atoms with van der Waals surface area (Å²) in [6, 6.07) is 6.18. The van der Waals surface area contributed by atoms with Gasteiger partial charge in [0.1, 0.15) is 17.5 Å². The van der Waals surface area contributed by atoms with Gasteiger partial charge in [0.15, 0.2) is 5.69 Å². The monoisotopic (exact) mass is 385 g/mol. The Kier molecular flexibility index (Phi) is 4.49. The van der Waals surface area contributed by atoms with Crippen molar-refractivity contribution in [2.75, 3.05) is 6.54 Å². The molecule has 0 bridgehead atoms. The van der Waals surface area contributed by atoms with Crippen molar-refractivity contribution in [3.8, 4) is 5.69 Å². The SMILES string of the molecule is Cc1cc(=O)c(C(=O)N2CC3CCCC3C2C(=O)O)nn1-c1ccccc1F. The van der Waals surface area contributed by atoms with Crippen LogP contribution in [-0.4, -0.2) is 44.3 Å². The van der Waals surface area contributed by atoms with Crippen LogP contribution < -0.4 is 5.43 Å². The van der Waals surface area contributed by atoms with Crippen LogP contribution in [-0.2, 0) is 4.79 Å². The van der Waals surface area contributed by atoms with Crippen molar-refractivity contribution in [1.29, 1.82) is 0 Å². The van der Waals surface area contributed by atoms with Crippen LogP contribution in [0.1, 0.15) is 35.4 Å². The highest BCUT2D eigenvalue weighted by atomic mass is 19.1. The summed E-state index contributed by atoms with van der Waals surface area (Å²) in [6.07, 6.45) is 2.58. The molecule has 1 amide bonds. The Morgan fingerprint density at radius 3 is 2.71 bits per heavy atom. The molecule has 1 aliphatic heterocycles. The van der Waals surface area contributed by atoms with Crippen LogP contribution >= 0.6 is 0 Å². The van der Waals surface area contributed by atoms with Crippen molar-refractivity contribution >= 4 is 11.9 Å². The normalized spacial score (nSPS) is 23.6. The molecule has 1 saturated heterocycles. The van der Waals surface area contributed by atoms with Gasteiger partial charge in [0.2, 0.25) is 5.43 Å². The molecule has 2 aromatic rings. The molecule has 146 valence electrons. The number of hydrogen-bond acceptors (Lipinski definition) is 4. The lowest BCUT2D eigenvalue weighted by Crippen LogP contribution is -2.45. The van der Waals surface area contributed by atoms with Crippen LogP contribution in [0.3, 0.4) is 0 Å². The maximum atomic E-state index is 14.2. The largest absolute Gasteiger partial charge is 0.480 e. The molecule has 2 aliphatic rings. The van der Waals surface area contributed by atoms with Crippen LogP contribution in [0.2, 0.25) is 0 Å². The number of aliphatic carboxylic acids is 1. The lowest BCUT2D eigenvalue weighted by Gasteiger charge is -2.24. The first kappa shape index (κ1) is 18.3. The molecule has 28 heavy (non-hydrogen) atoms. The van der Waals surface area contributed by atoms with Gasteiger partial charge in [-0.1, -0.05) is 18.6 Å². The second-order valence-electron chi connectivity index (χ2n) is 7.46. The molecule has 1 aromatic carbocycles. The fourth-order valence-electron chi connectivity index (χ4n) is 4.53. The van der Waals surface area contributed by atoms with E-state index < -0.39 is 29.2 Å². The van der Waals surface area contributed by atoms with Crippen LogP contribution in [0.15, 0.2) is 35.1 Å². The third-order valence-electron chi connectivity index (χ3n) is 5.79. The number of carbonyl (C=O) groups excluding carboxylic acids is 1. The first-order valence-corrected chi connectivity index (χ1v) is 9.28.